The highest BCUT2D eigenvalue weighted by Crippen LogP contribution is 1.97. The lowest BCUT2D eigenvalue weighted by atomic mass is 10.3. The first-order chi connectivity index (χ1) is 7.45. The lowest BCUT2D eigenvalue weighted by Crippen LogP contribution is -2.05. The molecule has 0 rings (SSSR count). The molecule has 92 valence electrons. The second kappa shape index (κ2) is 11.5. The fourth-order valence-corrected chi connectivity index (χ4v) is 0.640. The van der Waals surface area contributed by atoms with E-state index in [0.29, 0.717) is 12.2 Å². The van der Waals surface area contributed by atoms with Crippen LogP contribution < -0.4 is 0 Å². The van der Waals surface area contributed by atoms with Gasteiger partial charge in [-0.05, 0) is 13.3 Å². The van der Waals surface area contributed by atoms with Crippen molar-refractivity contribution >= 4 is 11.9 Å². The number of aliphatic carboxylic acids is 1. The zero-order valence-electron chi connectivity index (χ0n) is 9.99. The highest BCUT2D eigenvalue weighted by atomic mass is 16.5. The van der Waals surface area contributed by atoms with Crippen LogP contribution in [0.15, 0.2) is 24.8 Å². The number of ether oxygens (including phenoxy) is 1. The van der Waals surface area contributed by atoms with Crippen molar-refractivity contribution in [1.82, 2.24) is 0 Å². The molecule has 0 aliphatic carbocycles. The van der Waals surface area contributed by atoms with E-state index in [-0.39, 0.29) is 5.97 Å². The van der Waals surface area contributed by atoms with Crippen molar-refractivity contribution in [2.45, 2.75) is 33.1 Å². The minimum Gasteiger partial charge on any atom is -0.478 e. The molecule has 0 saturated carbocycles. The van der Waals surface area contributed by atoms with Crippen molar-refractivity contribution in [2.75, 3.05) is 6.61 Å². The molecule has 0 unspecified atom stereocenters. The van der Waals surface area contributed by atoms with E-state index in [1.807, 2.05) is 0 Å². The molecule has 0 aromatic carbocycles. The van der Waals surface area contributed by atoms with Crippen LogP contribution in [0.1, 0.15) is 33.1 Å². The van der Waals surface area contributed by atoms with E-state index < -0.39 is 5.97 Å². The largest absolute Gasteiger partial charge is 0.478 e. The van der Waals surface area contributed by atoms with Gasteiger partial charge in [0.15, 0.2) is 0 Å². The van der Waals surface area contributed by atoms with Crippen LogP contribution in [-0.2, 0) is 14.3 Å². The summed E-state index contributed by atoms with van der Waals surface area (Å²) in [6.45, 7) is 10.7. The molecule has 0 saturated heterocycles. The van der Waals surface area contributed by atoms with Crippen LogP contribution in [0.3, 0.4) is 0 Å². The molecular formula is C12H20O4. The summed E-state index contributed by atoms with van der Waals surface area (Å²) in [6.07, 6.45) is 4.05. The highest BCUT2D eigenvalue weighted by Gasteiger charge is 2.00. The van der Waals surface area contributed by atoms with Gasteiger partial charge >= 0.3 is 11.9 Å². The van der Waals surface area contributed by atoms with Crippen LogP contribution in [0.25, 0.3) is 0 Å². The van der Waals surface area contributed by atoms with Gasteiger partial charge in [-0.2, -0.15) is 0 Å². The third kappa shape index (κ3) is 14.9. The van der Waals surface area contributed by atoms with Gasteiger partial charge in [-0.25, -0.2) is 9.59 Å². The minimum atomic E-state index is -0.981. The van der Waals surface area contributed by atoms with Gasteiger partial charge in [0.1, 0.15) is 0 Å². The molecule has 4 heteroatoms. The summed E-state index contributed by atoms with van der Waals surface area (Å²) in [6, 6.07) is 0. The number of carbonyl (C=O) groups is 2. The van der Waals surface area contributed by atoms with Gasteiger partial charge < -0.3 is 9.84 Å². The Balaban J connectivity index is 0. The summed E-state index contributed by atoms with van der Waals surface area (Å²) in [4.78, 5) is 20.0. The van der Waals surface area contributed by atoms with Gasteiger partial charge in [-0.3, -0.25) is 0 Å². The molecule has 0 aliphatic rings. The first-order valence-electron chi connectivity index (χ1n) is 5.13. The van der Waals surface area contributed by atoms with E-state index in [4.69, 9.17) is 9.84 Å². The van der Waals surface area contributed by atoms with Gasteiger partial charge in [0, 0.05) is 11.6 Å². The van der Waals surface area contributed by atoms with Crippen molar-refractivity contribution < 1.29 is 19.4 Å². The Hall–Kier alpha value is -1.58. The summed E-state index contributed by atoms with van der Waals surface area (Å²) in [5.41, 5.74) is 0.474. The van der Waals surface area contributed by atoms with E-state index in [1.54, 1.807) is 6.92 Å². The van der Waals surface area contributed by atoms with Crippen LogP contribution in [0.4, 0.5) is 0 Å². The molecule has 16 heavy (non-hydrogen) atoms. The maximum Gasteiger partial charge on any atom is 0.333 e. The third-order valence-electron chi connectivity index (χ3n) is 1.50. The van der Waals surface area contributed by atoms with Gasteiger partial charge in [-0.1, -0.05) is 32.9 Å². The molecule has 0 spiro atoms. The molecule has 0 radical (unpaired) electrons. The van der Waals surface area contributed by atoms with E-state index in [9.17, 15) is 9.59 Å². The van der Waals surface area contributed by atoms with Crippen molar-refractivity contribution in [3.05, 3.63) is 24.8 Å². The number of carbonyl (C=O) groups excluding carboxylic acids is 1. The molecule has 0 aromatic heterocycles. The predicted octanol–water partition coefficient (Wildman–Crippen LogP) is 2.55. The molecule has 0 aromatic rings. The van der Waals surface area contributed by atoms with Crippen LogP contribution in [0.2, 0.25) is 0 Å². The second-order valence-corrected chi connectivity index (χ2v) is 3.17. The minimum absolute atomic E-state index is 0.277. The number of carboxylic acids is 1. The molecule has 0 aliphatic heterocycles. The fourth-order valence-electron chi connectivity index (χ4n) is 0.640. The standard InChI is InChI=1S/C9H16O2.C3H4O2/c1-4-5-6-7-11-9(10)8(2)3;1-2-3(4)5/h2,4-7H2,1,3H3;2H,1H2,(H,4,5). The van der Waals surface area contributed by atoms with E-state index in [2.05, 4.69) is 20.1 Å². The topological polar surface area (TPSA) is 63.6 Å². The van der Waals surface area contributed by atoms with Crippen molar-refractivity contribution in [1.29, 1.82) is 0 Å². The first-order valence-corrected chi connectivity index (χ1v) is 5.13. The van der Waals surface area contributed by atoms with Crippen LogP contribution >= 0.6 is 0 Å². The van der Waals surface area contributed by atoms with Crippen LogP contribution in [0.5, 0.6) is 0 Å². The molecule has 0 bridgehead atoms. The molecular weight excluding hydrogens is 208 g/mol. The predicted molar refractivity (Wildman–Crippen MR) is 63.1 cm³/mol. The third-order valence-corrected chi connectivity index (χ3v) is 1.50. The Morgan fingerprint density at radius 3 is 2.19 bits per heavy atom. The number of carboxylic acid groups (broad SMARTS) is 1. The lowest BCUT2D eigenvalue weighted by Gasteiger charge is -2.02. The molecule has 0 amide bonds. The van der Waals surface area contributed by atoms with Crippen LogP contribution in [0, 0.1) is 0 Å². The maximum absolute atomic E-state index is 10.8. The Bertz CT molecular complexity index is 243. The van der Waals surface area contributed by atoms with Gasteiger partial charge in [0.05, 0.1) is 6.61 Å². The number of esters is 1. The molecule has 0 fully saturated rings. The summed E-state index contributed by atoms with van der Waals surface area (Å²) in [5, 5.41) is 7.60. The summed E-state index contributed by atoms with van der Waals surface area (Å²) < 4.78 is 4.87. The Kier molecular flexibility index (Phi) is 12.1. The lowest BCUT2D eigenvalue weighted by molar-refractivity contribution is -0.139. The Morgan fingerprint density at radius 1 is 1.38 bits per heavy atom. The van der Waals surface area contributed by atoms with E-state index in [1.165, 1.54) is 0 Å². The van der Waals surface area contributed by atoms with Gasteiger partial charge in [0.25, 0.3) is 0 Å². The average molecular weight is 228 g/mol. The second-order valence-electron chi connectivity index (χ2n) is 3.17. The summed E-state index contributed by atoms with van der Waals surface area (Å²) in [5.74, 6) is -1.26. The molecule has 0 heterocycles. The van der Waals surface area contributed by atoms with E-state index >= 15 is 0 Å². The monoisotopic (exact) mass is 228 g/mol. The molecule has 1 N–H and O–H groups in total. The van der Waals surface area contributed by atoms with Crippen molar-refractivity contribution in [3.63, 3.8) is 0 Å². The molecule has 4 nitrogen and oxygen atoms in total. The summed E-state index contributed by atoms with van der Waals surface area (Å²) in [7, 11) is 0. The Labute approximate surface area is 96.6 Å². The van der Waals surface area contributed by atoms with E-state index in [0.717, 1.165) is 25.3 Å². The quantitative estimate of drug-likeness (QED) is 0.431. The smallest absolute Gasteiger partial charge is 0.333 e. The van der Waals surface area contributed by atoms with Crippen molar-refractivity contribution in [2.24, 2.45) is 0 Å². The highest BCUT2D eigenvalue weighted by molar-refractivity contribution is 5.86. The summed E-state index contributed by atoms with van der Waals surface area (Å²) >= 11 is 0. The maximum atomic E-state index is 10.8. The number of hydrogen-bond acceptors (Lipinski definition) is 3. The van der Waals surface area contributed by atoms with Gasteiger partial charge in [-0.15, -0.1) is 0 Å². The fraction of sp³-hybridized carbons (Fsp3) is 0.500. The zero-order chi connectivity index (χ0) is 13.0. The van der Waals surface area contributed by atoms with Crippen molar-refractivity contribution in [3.8, 4) is 0 Å². The Morgan fingerprint density at radius 2 is 1.88 bits per heavy atom. The SMILES string of the molecule is C=C(C)C(=O)OCCCCC.C=CC(=O)O. The van der Waals surface area contributed by atoms with Gasteiger partial charge in [0.2, 0.25) is 0 Å². The number of unbranched alkanes of at least 4 members (excludes halogenated alkanes) is 2. The number of hydrogen-bond donors (Lipinski definition) is 1. The zero-order valence-corrected chi connectivity index (χ0v) is 9.99. The molecule has 0 atom stereocenters. The first kappa shape index (κ1) is 16.8. The van der Waals surface area contributed by atoms with Crippen LogP contribution in [-0.4, -0.2) is 23.7 Å². The number of rotatable bonds is 6. The average Bonchev–Trinajstić information content (AvgIpc) is 2.24. The normalized spacial score (nSPS) is 8.38.